The van der Waals surface area contributed by atoms with Crippen molar-refractivity contribution in [2.75, 3.05) is 19.8 Å². The minimum absolute atomic E-state index is 0.0320. The minimum atomic E-state index is -0.0819. The molecule has 1 N–H and O–H groups in total. The molecular formula is C16H23N3O3. The van der Waals surface area contributed by atoms with E-state index < -0.39 is 0 Å². The van der Waals surface area contributed by atoms with Crippen LogP contribution in [0.15, 0.2) is 18.3 Å². The van der Waals surface area contributed by atoms with Crippen LogP contribution in [0.4, 0.5) is 0 Å². The maximum Gasteiger partial charge on any atom is 0.249 e. The molecule has 0 aliphatic carbocycles. The molecule has 0 saturated carbocycles. The zero-order valence-corrected chi connectivity index (χ0v) is 13.2. The predicted molar refractivity (Wildman–Crippen MR) is 81.9 cm³/mol. The summed E-state index contributed by atoms with van der Waals surface area (Å²) in [4.78, 5) is 29.4. The van der Waals surface area contributed by atoms with Crippen molar-refractivity contribution < 1.29 is 14.3 Å². The van der Waals surface area contributed by atoms with Crippen LogP contribution in [-0.2, 0) is 20.9 Å². The van der Waals surface area contributed by atoms with Crippen LogP contribution < -0.4 is 5.32 Å². The highest BCUT2D eigenvalue weighted by Gasteiger charge is 2.29. The average molecular weight is 305 g/mol. The first-order valence-electron chi connectivity index (χ1n) is 7.68. The molecule has 6 heteroatoms. The lowest BCUT2D eigenvalue weighted by molar-refractivity contribution is -0.137. The highest BCUT2D eigenvalue weighted by molar-refractivity contribution is 5.78. The Bertz CT molecular complexity index is 533. The molecule has 1 atom stereocenters. The van der Waals surface area contributed by atoms with Gasteiger partial charge in [0.05, 0.1) is 18.3 Å². The summed E-state index contributed by atoms with van der Waals surface area (Å²) in [5.74, 6) is -0.0499. The Morgan fingerprint density at radius 3 is 3.05 bits per heavy atom. The molecule has 1 saturated heterocycles. The van der Waals surface area contributed by atoms with Gasteiger partial charge in [-0.1, -0.05) is 0 Å². The van der Waals surface area contributed by atoms with Crippen molar-refractivity contribution in [1.82, 2.24) is 15.2 Å². The van der Waals surface area contributed by atoms with E-state index in [1.54, 1.807) is 6.20 Å². The number of likely N-dealkylation sites (tertiary alicyclic amines) is 1. The van der Waals surface area contributed by atoms with E-state index in [0.717, 1.165) is 30.6 Å². The van der Waals surface area contributed by atoms with Gasteiger partial charge >= 0.3 is 0 Å². The number of ether oxygens (including phenoxy) is 1. The van der Waals surface area contributed by atoms with Gasteiger partial charge < -0.3 is 15.0 Å². The summed E-state index contributed by atoms with van der Waals surface area (Å²) >= 11 is 0. The highest BCUT2D eigenvalue weighted by atomic mass is 16.5. The zero-order valence-electron chi connectivity index (χ0n) is 13.2. The quantitative estimate of drug-likeness (QED) is 0.863. The van der Waals surface area contributed by atoms with Gasteiger partial charge in [-0.15, -0.1) is 0 Å². The molecule has 0 aromatic carbocycles. The fraction of sp³-hybridized carbons (Fsp3) is 0.562. The van der Waals surface area contributed by atoms with Gasteiger partial charge in [0, 0.05) is 26.3 Å². The van der Waals surface area contributed by atoms with Crippen molar-refractivity contribution in [3.05, 3.63) is 29.6 Å². The first-order chi connectivity index (χ1) is 10.6. The molecular weight excluding hydrogens is 282 g/mol. The van der Waals surface area contributed by atoms with E-state index in [2.05, 4.69) is 10.3 Å². The number of aromatic nitrogens is 1. The standard InChI is InChI=1S/C16H23N3O3/c1-3-22-11-16(21)19-8-4-5-15(19)13-6-7-17-14(9-13)10-18-12(2)20/h6-7,9,15H,3-5,8,10-11H2,1-2H3,(H,18,20). The number of pyridine rings is 1. The van der Waals surface area contributed by atoms with Gasteiger partial charge in [-0.05, 0) is 37.5 Å². The third kappa shape index (κ3) is 4.27. The zero-order chi connectivity index (χ0) is 15.9. The Morgan fingerprint density at radius 1 is 1.50 bits per heavy atom. The van der Waals surface area contributed by atoms with Crippen LogP contribution in [-0.4, -0.2) is 41.5 Å². The van der Waals surface area contributed by atoms with E-state index in [1.165, 1.54) is 6.92 Å². The topological polar surface area (TPSA) is 71.5 Å². The lowest BCUT2D eigenvalue weighted by Gasteiger charge is -2.25. The van der Waals surface area contributed by atoms with E-state index in [1.807, 2.05) is 24.0 Å². The van der Waals surface area contributed by atoms with Crippen LogP contribution in [0.3, 0.4) is 0 Å². The van der Waals surface area contributed by atoms with Crippen LogP contribution in [0.1, 0.15) is 44.0 Å². The third-order valence-corrected chi connectivity index (χ3v) is 3.75. The van der Waals surface area contributed by atoms with Gasteiger partial charge in [-0.3, -0.25) is 14.6 Å². The van der Waals surface area contributed by atoms with Crippen molar-refractivity contribution in [3.63, 3.8) is 0 Å². The normalized spacial score (nSPS) is 17.5. The van der Waals surface area contributed by atoms with Crippen LogP contribution in [0, 0.1) is 0 Å². The Kier molecular flexibility index (Phi) is 5.89. The lowest BCUT2D eigenvalue weighted by Crippen LogP contribution is -2.33. The average Bonchev–Trinajstić information content (AvgIpc) is 3.00. The Balaban J connectivity index is 2.07. The lowest BCUT2D eigenvalue weighted by atomic mass is 10.0. The fourth-order valence-electron chi connectivity index (χ4n) is 2.70. The van der Waals surface area contributed by atoms with Crippen LogP contribution in [0.2, 0.25) is 0 Å². The van der Waals surface area contributed by atoms with E-state index in [4.69, 9.17) is 4.74 Å². The third-order valence-electron chi connectivity index (χ3n) is 3.75. The van der Waals surface area contributed by atoms with E-state index in [0.29, 0.717) is 13.2 Å². The molecule has 1 unspecified atom stereocenters. The fourth-order valence-corrected chi connectivity index (χ4v) is 2.70. The largest absolute Gasteiger partial charge is 0.372 e. The number of hydrogen-bond acceptors (Lipinski definition) is 4. The summed E-state index contributed by atoms with van der Waals surface area (Å²) in [6.07, 6.45) is 3.67. The Morgan fingerprint density at radius 2 is 2.32 bits per heavy atom. The summed E-state index contributed by atoms with van der Waals surface area (Å²) in [6, 6.07) is 3.98. The van der Waals surface area contributed by atoms with Crippen LogP contribution >= 0.6 is 0 Å². The second-order valence-corrected chi connectivity index (χ2v) is 5.37. The van der Waals surface area contributed by atoms with Gasteiger partial charge in [0.1, 0.15) is 6.61 Å². The molecule has 1 aromatic rings. The number of carbonyl (C=O) groups is 2. The summed E-state index contributed by atoms with van der Waals surface area (Å²) in [5, 5.41) is 2.74. The number of nitrogens with one attached hydrogen (secondary N) is 1. The first kappa shape index (κ1) is 16.4. The molecule has 1 aliphatic rings. The summed E-state index contributed by atoms with van der Waals surface area (Å²) in [7, 11) is 0. The maximum atomic E-state index is 12.2. The number of nitrogens with zero attached hydrogens (tertiary/aromatic N) is 2. The molecule has 6 nitrogen and oxygen atoms in total. The monoisotopic (exact) mass is 305 g/mol. The Labute approximate surface area is 130 Å². The first-order valence-corrected chi connectivity index (χ1v) is 7.68. The van der Waals surface area contributed by atoms with Crippen molar-refractivity contribution in [2.45, 2.75) is 39.3 Å². The number of rotatable bonds is 6. The van der Waals surface area contributed by atoms with Gasteiger partial charge in [0.15, 0.2) is 0 Å². The van der Waals surface area contributed by atoms with E-state index >= 15 is 0 Å². The molecule has 2 rings (SSSR count). The van der Waals surface area contributed by atoms with Crippen LogP contribution in [0.5, 0.6) is 0 Å². The van der Waals surface area contributed by atoms with Gasteiger partial charge in [0.25, 0.3) is 0 Å². The molecule has 1 aliphatic heterocycles. The number of hydrogen-bond donors (Lipinski definition) is 1. The molecule has 0 bridgehead atoms. The molecule has 0 radical (unpaired) electrons. The summed E-state index contributed by atoms with van der Waals surface area (Å²) in [5.41, 5.74) is 1.87. The van der Waals surface area contributed by atoms with Gasteiger partial charge in [-0.25, -0.2) is 0 Å². The van der Waals surface area contributed by atoms with E-state index in [9.17, 15) is 9.59 Å². The van der Waals surface area contributed by atoms with Gasteiger partial charge in [-0.2, -0.15) is 0 Å². The second-order valence-electron chi connectivity index (χ2n) is 5.37. The van der Waals surface area contributed by atoms with E-state index in [-0.39, 0.29) is 24.5 Å². The molecule has 120 valence electrons. The maximum absolute atomic E-state index is 12.2. The molecule has 2 heterocycles. The summed E-state index contributed by atoms with van der Waals surface area (Å²) in [6.45, 7) is 5.21. The predicted octanol–water partition coefficient (Wildman–Crippen LogP) is 1.42. The van der Waals surface area contributed by atoms with Crippen molar-refractivity contribution >= 4 is 11.8 Å². The number of amides is 2. The van der Waals surface area contributed by atoms with Crippen molar-refractivity contribution in [3.8, 4) is 0 Å². The Hall–Kier alpha value is -1.95. The smallest absolute Gasteiger partial charge is 0.249 e. The molecule has 2 amide bonds. The second kappa shape index (κ2) is 7.89. The van der Waals surface area contributed by atoms with Gasteiger partial charge in [0.2, 0.25) is 11.8 Å². The van der Waals surface area contributed by atoms with Crippen LogP contribution in [0.25, 0.3) is 0 Å². The summed E-state index contributed by atoms with van der Waals surface area (Å²) < 4.78 is 5.23. The van der Waals surface area contributed by atoms with Crippen molar-refractivity contribution in [2.24, 2.45) is 0 Å². The van der Waals surface area contributed by atoms with Crippen molar-refractivity contribution in [1.29, 1.82) is 0 Å². The number of carbonyl (C=O) groups excluding carboxylic acids is 2. The molecule has 1 fully saturated rings. The molecule has 0 spiro atoms. The minimum Gasteiger partial charge on any atom is -0.372 e. The SMILES string of the molecule is CCOCC(=O)N1CCCC1c1ccnc(CNC(C)=O)c1. The molecule has 1 aromatic heterocycles. The highest BCUT2D eigenvalue weighted by Crippen LogP contribution is 2.32. The molecule has 22 heavy (non-hydrogen) atoms.